The zero-order valence-electron chi connectivity index (χ0n) is 14.8. The van der Waals surface area contributed by atoms with Gasteiger partial charge >= 0.3 is 0 Å². The predicted octanol–water partition coefficient (Wildman–Crippen LogP) is 1.84. The highest BCUT2D eigenvalue weighted by Gasteiger charge is 2.31. The molecule has 1 amide bonds. The molecule has 0 unspecified atom stereocenters. The Bertz CT molecular complexity index is 1020. The number of hydrogen-bond acceptors (Lipinski definition) is 4. The van der Waals surface area contributed by atoms with Gasteiger partial charge in [0.2, 0.25) is 5.91 Å². The number of aliphatic hydroxyl groups is 1. The zero-order valence-corrected chi connectivity index (χ0v) is 14.8. The van der Waals surface area contributed by atoms with Crippen molar-refractivity contribution in [1.29, 1.82) is 0 Å². The fourth-order valence-corrected chi connectivity index (χ4v) is 3.81. The molecule has 4 rings (SSSR count). The largest absolute Gasteiger partial charge is 0.391 e. The highest BCUT2D eigenvalue weighted by atomic mass is 16.3. The number of piperidine rings is 1. The van der Waals surface area contributed by atoms with Crippen LogP contribution in [0.3, 0.4) is 0 Å². The molecule has 1 aromatic heterocycles. The summed E-state index contributed by atoms with van der Waals surface area (Å²) < 4.78 is 0. The van der Waals surface area contributed by atoms with E-state index < -0.39 is 6.10 Å². The Morgan fingerprint density at radius 2 is 1.81 bits per heavy atom. The van der Waals surface area contributed by atoms with Gasteiger partial charge in [0.25, 0.3) is 5.56 Å². The number of H-pyrrole nitrogens is 1. The van der Waals surface area contributed by atoms with Crippen LogP contribution in [-0.2, 0) is 11.2 Å². The topological polar surface area (TPSA) is 86.3 Å². The van der Waals surface area contributed by atoms with Crippen molar-refractivity contribution in [2.75, 3.05) is 13.1 Å². The van der Waals surface area contributed by atoms with Crippen LogP contribution in [0, 0.1) is 0 Å². The number of amides is 1. The van der Waals surface area contributed by atoms with Crippen LogP contribution in [0.25, 0.3) is 10.8 Å². The number of rotatable bonds is 3. The van der Waals surface area contributed by atoms with Crippen LogP contribution in [0.4, 0.5) is 0 Å². The summed E-state index contributed by atoms with van der Waals surface area (Å²) in [6.07, 6.45) is 0.224. The molecule has 2 heterocycles. The lowest BCUT2D eigenvalue weighted by Gasteiger charge is -2.36. The first-order chi connectivity index (χ1) is 13.1. The Balaban J connectivity index is 1.49. The molecule has 1 fully saturated rings. The molecule has 0 saturated carbocycles. The number of fused-ring (bicyclic) bond motifs is 1. The molecule has 6 heteroatoms. The summed E-state index contributed by atoms with van der Waals surface area (Å²) in [6.45, 7) is 0.899. The van der Waals surface area contributed by atoms with Crippen molar-refractivity contribution in [1.82, 2.24) is 15.1 Å². The number of nitrogens with zero attached hydrogens (tertiary/aromatic N) is 2. The van der Waals surface area contributed by atoms with Crippen molar-refractivity contribution in [2.45, 2.75) is 24.9 Å². The average molecular weight is 363 g/mol. The quantitative estimate of drug-likeness (QED) is 0.743. The van der Waals surface area contributed by atoms with Crippen molar-refractivity contribution in [3.63, 3.8) is 0 Å². The third kappa shape index (κ3) is 3.48. The first-order valence-corrected chi connectivity index (χ1v) is 9.10. The van der Waals surface area contributed by atoms with Gasteiger partial charge in [-0.2, -0.15) is 5.10 Å². The maximum atomic E-state index is 12.8. The molecule has 138 valence electrons. The van der Waals surface area contributed by atoms with E-state index in [0.29, 0.717) is 29.6 Å². The Morgan fingerprint density at radius 1 is 1.11 bits per heavy atom. The Kier molecular flexibility index (Phi) is 4.73. The Morgan fingerprint density at radius 3 is 2.56 bits per heavy atom. The summed E-state index contributed by atoms with van der Waals surface area (Å²) in [5.74, 6) is -0.0486. The van der Waals surface area contributed by atoms with Crippen LogP contribution in [0.1, 0.15) is 23.6 Å². The molecule has 0 spiro atoms. The van der Waals surface area contributed by atoms with Gasteiger partial charge < -0.3 is 10.0 Å². The van der Waals surface area contributed by atoms with E-state index in [0.717, 1.165) is 12.0 Å². The van der Waals surface area contributed by atoms with Gasteiger partial charge in [0, 0.05) is 24.4 Å². The third-order valence-corrected chi connectivity index (χ3v) is 5.26. The molecule has 2 N–H and O–H groups in total. The van der Waals surface area contributed by atoms with Crippen LogP contribution in [-0.4, -0.2) is 45.3 Å². The van der Waals surface area contributed by atoms with Gasteiger partial charge in [-0.15, -0.1) is 0 Å². The van der Waals surface area contributed by atoms with E-state index in [4.69, 9.17) is 0 Å². The molecule has 27 heavy (non-hydrogen) atoms. The van der Waals surface area contributed by atoms with Gasteiger partial charge in [-0.05, 0) is 18.1 Å². The van der Waals surface area contributed by atoms with Crippen LogP contribution >= 0.6 is 0 Å². The first kappa shape index (κ1) is 17.4. The standard InChI is InChI=1S/C21H21N3O3/c25-19-13-24(11-10-15(19)14-6-2-1-3-7-14)20(26)12-18-16-8-4-5-9-17(16)21(27)23-22-18/h1-9,15,19,25H,10-13H2,(H,23,27)/t15-,19+/m0/s1. The lowest BCUT2D eigenvalue weighted by molar-refractivity contribution is -0.134. The molecule has 6 nitrogen and oxygen atoms in total. The van der Waals surface area contributed by atoms with Gasteiger partial charge in [-0.3, -0.25) is 9.59 Å². The highest BCUT2D eigenvalue weighted by Crippen LogP contribution is 2.28. The lowest BCUT2D eigenvalue weighted by Crippen LogP contribution is -2.46. The smallest absolute Gasteiger partial charge is 0.272 e. The molecule has 1 aliphatic heterocycles. The number of hydrogen-bond donors (Lipinski definition) is 2. The van der Waals surface area contributed by atoms with Crippen LogP contribution < -0.4 is 5.56 Å². The van der Waals surface area contributed by atoms with Crippen molar-refractivity contribution < 1.29 is 9.90 Å². The van der Waals surface area contributed by atoms with Gasteiger partial charge in [0.15, 0.2) is 0 Å². The number of aromatic nitrogens is 2. The summed E-state index contributed by atoms with van der Waals surface area (Å²) in [7, 11) is 0. The first-order valence-electron chi connectivity index (χ1n) is 9.10. The second-order valence-corrected chi connectivity index (χ2v) is 6.93. The molecule has 0 aliphatic carbocycles. The van der Waals surface area contributed by atoms with Crippen LogP contribution in [0.5, 0.6) is 0 Å². The van der Waals surface area contributed by atoms with E-state index in [9.17, 15) is 14.7 Å². The number of aliphatic hydroxyl groups excluding tert-OH is 1. The summed E-state index contributed by atoms with van der Waals surface area (Å²) in [5.41, 5.74) is 1.39. The molecule has 3 aromatic rings. The van der Waals surface area contributed by atoms with Crippen molar-refractivity contribution >= 4 is 16.7 Å². The normalized spacial score (nSPS) is 20.0. The number of β-amino-alcohol motifs (C(OH)–C–C–N with tert-alkyl or cyclic N) is 1. The van der Waals surface area contributed by atoms with Crippen molar-refractivity contribution in [3.8, 4) is 0 Å². The minimum atomic E-state index is -0.592. The molecule has 0 bridgehead atoms. The second kappa shape index (κ2) is 7.32. The molecular weight excluding hydrogens is 342 g/mol. The maximum Gasteiger partial charge on any atom is 0.272 e. The predicted molar refractivity (Wildman–Crippen MR) is 102 cm³/mol. The molecule has 0 radical (unpaired) electrons. The zero-order chi connectivity index (χ0) is 18.8. The van der Waals surface area contributed by atoms with E-state index in [1.54, 1.807) is 23.1 Å². The number of carbonyl (C=O) groups is 1. The molecule has 1 saturated heterocycles. The highest BCUT2D eigenvalue weighted by molar-refractivity contribution is 5.88. The number of nitrogens with one attached hydrogen (secondary N) is 1. The van der Waals surface area contributed by atoms with Gasteiger partial charge in [-0.1, -0.05) is 48.5 Å². The maximum absolute atomic E-state index is 12.8. The number of aromatic amines is 1. The third-order valence-electron chi connectivity index (χ3n) is 5.26. The number of likely N-dealkylation sites (tertiary alicyclic amines) is 1. The van der Waals surface area contributed by atoms with Crippen LogP contribution in [0.15, 0.2) is 59.4 Å². The molecular formula is C21H21N3O3. The van der Waals surface area contributed by atoms with Gasteiger partial charge in [0.05, 0.1) is 23.6 Å². The number of carbonyl (C=O) groups excluding carboxylic acids is 1. The fourth-order valence-electron chi connectivity index (χ4n) is 3.81. The fraction of sp³-hybridized carbons (Fsp3) is 0.286. The summed E-state index contributed by atoms with van der Waals surface area (Å²) in [6, 6.07) is 17.1. The summed E-state index contributed by atoms with van der Waals surface area (Å²) >= 11 is 0. The van der Waals surface area contributed by atoms with Crippen LogP contribution in [0.2, 0.25) is 0 Å². The van der Waals surface area contributed by atoms with E-state index in [2.05, 4.69) is 10.2 Å². The number of benzene rings is 2. The Labute approximate surface area is 156 Å². The molecule has 1 aliphatic rings. The lowest BCUT2D eigenvalue weighted by atomic mass is 9.87. The van der Waals surface area contributed by atoms with E-state index in [-0.39, 0.29) is 23.8 Å². The summed E-state index contributed by atoms with van der Waals surface area (Å²) in [4.78, 5) is 26.3. The second-order valence-electron chi connectivity index (χ2n) is 6.93. The van der Waals surface area contributed by atoms with E-state index in [1.807, 2.05) is 36.4 Å². The monoisotopic (exact) mass is 363 g/mol. The van der Waals surface area contributed by atoms with Crippen molar-refractivity contribution in [3.05, 3.63) is 76.2 Å². The van der Waals surface area contributed by atoms with Gasteiger partial charge in [0.1, 0.15) is 0 Å². The van der Waals surface area contributed by atoms with E-state index >= 15 is 0 Å². The van der Waals surface area contributed by atoms with Crippen molar-refractivity contribution in [2.24, 2.45) is 0 Å². The molecule has 2 aromatic carbocycles. The van der Waals surface area contributed by atoms with Gasteiger partial charge in [-0.25, -0.2) is 5.10 Å². The SMILES string of the molecule is O=C(Cc1n[nH]c(=O)c2ccccc12)N1CC[C@@H](c2ccccc2)[C@H](O)C1. The minimum absolute atomic E-state index is 0.0438. The Hall–Kier alpha value is -2.99. The van der Waals surface area contributed by atoms with E-state index in [1.165, 1.54) is 0 Å². The average Bonchev–Trinajstić information content (AvgIpc) is 2.71. The summed E-state index contributed by atoms with van der Waals surface area (Å²) in [5, 5.41) is 18.3. The minimum Gasteiger partial charge on any atom is -0.391 e. The molecule has 2 atom stereocenters.